The largest absolute Gasteiger partial charge is 0.497 e. The molecule has 1 atom stereocenters. The minimum Gasteiger partial charge on any atom is -0.497 e. The second kappa shape index (κ2) is 11.6. The number of nitrogens with one attached hydrogen (secondary N) is 1. The van der Waals surface area contributed by atoms with Gasteiger partial charge in [0.2, 0.25) is 5.91 Å². The van der Waals surface area contributed by atoms with Crippen LogP contribution < -0.4 is 14.8 Å². The van der Waals surface area contributed by atoms with Gasteiger partial charge in [-0.25, -0.2) is 0 Å². The molecule has 0 fully saturated rings. The minimum absolute atomic E-state index is 0.143. The summed E-state index contributed by atoms with van der Waals surface area (Å²) < 4.78 is 12.0. The Labute approximate surface area is 185 Å². The highest BCUT2D eigenvalue weighted by Gasteiger charge is 2.26. The van der Waals surface area contributed by atoms with E-state index in [0.29, 0.717) is 18.0 Å². The molecule has 0 unspecified atom stereocenters. The summed E-state index contributed by atoms with van der Waals surface area (Å²) in [4.78, 5) is 27.0. The summed E-state index contributed by atoms with van der Waals surface area (Å²) in [5.41, 5.74) is 0.877. The maximum atomic E-state index is 13.0. The molecule has 0 aliphatic carbocycles. The zero-order valence-electron chi connectivity index (χ0n) is 17.0. The van der Waals surface area contributed by atoms with Crippen LogP contribution in [0.4, 0.5) is 0 Å². The van der Waals surface area contributed by atoms with E-state index in [2.05, 4.69) is 27.9 Å². The van der Waals surface area contributed by atoms with Crippen LogP contribution in [0, 0.1) is 3.57 Å². The molecular weight excluding hydrogens is 483 g/mol. The van der Waals surface area contributed by atoms with E-state index >= 15 is 0 Å². The SMILES string of the molecule is CCCNC(=O)[C@@H](C)N(Cc1cccc(OC)c1)C(=O)COc1ccc(I)cc1. The molecule has 2 amide bonds. The number of halogens is 1. The summed E-state index contributed by atoms with van der Waals surface area (Å²) >= 11 is 2.21. The normalized spacial score (nSPS) is 11.4. The Balaban J connectivity index is 2.14. The summed E-state index contributed by atoms with van der Waals surface area (Å²) in [6.45, 7) is 4.43. The molecule has 0 aromatic heterocycles. The van der Waals surface area contributed by atoms with Crippen LogP contribution >= 0.6 is 22.6 Å². The molecule has 29 heavy (non-hydrogen) atoms. The fourth-order valence-corrected chi connectivity index (χ4v) is 3.06. The highest BCUT2D eigenvalue weighted by molar-refractivity contribution is 14.1. The summed E-state index contributed by atoms with van der Waals surface area (Å²) in [5, 5.41) is 2.86. The lowest BCUT2D eigenvalue weighted by atomic mass is 10.1. The van der Waals surface area contributed by atoms with Crippen molar-refractivity contribution in [1.82, 2.24) is 10.2 Å². The molecule has 2 aromatic carbocycles. The van der Waals surface area contributed by atoms with E-state index in [1.807, 2.05) is 55.5 Å². The first-order valence-corrected chi connectivity index (χ1v) is 10.6. The minimum atomic E-state index is -0.624. The molecule has 0 aliphatic heterocycles. The van der Waals surface area contributed by atoms with E-state index in [1.54, 1.807) is 14.0 Å². The molecule has 7 heteroatoms. The van der Waals surface area contributed by atoms with Gasteiger partial charge in [0.05, 0.1) is 7.11 Å². The van der Waals surface area contributed by atoms with Gasteiger partial charge in [-0.2, -0.15) is 0 Å². The van der Waals surface area contributed by atoms with Crippen molar-refractivity contribution in [2.45, 2.75) is 32.9 Å². The van der Waals surface area contributed by atoms with Crippen molar-refractivity contribution in [1.29, 1.82) is 0 Å². The maximum absolute atomic E-state index is 13.0. The topological polar surface area (TPSA) is 67.9 Å². The van der Waals surface area contributed by atoms with E-state index < -0.39 is 6.04 Å². The quantitative estimate of drug-likeness (QED) is 0.496. The van der Waals surface area contributed by atoms with Crippen molar-refractivity contribution in [3.05, 3.63) is 57.7 Å². The number of methoxy groups -OCH3 is 1. The van der Waals surface area contributed by atoms with Gasteiger partial charge >= 0.3 is 0 Å². The third-order valence-electron chi connectivity index (χ3n) is 4.38. The molecule has 156 valence electrons. The van der Waals surface area contributed by atoms with E-state index in [-0.39, 0.29) is 25.0 Å². The molecule has 6 nitrogen and oxygen atoms in total. The van der Waals surface area contributed by atoms with Crippen LogP contribution in [0.5, 0.6) is 11.5 Å². The standard InChI is InChI=1S/C22H27IN2O4/c1-4-12-24-22(27)16(2)25(14-17-6-5-7-20(13-17)28-3)21(26)15-29-19-10-8-18(23)9-11-19/h5-11,13,16H,4,12,14-15H2,1-3H3,(H,24,27)/t16-/m1/s1. The zero-order valence-corrected chi connectivity index (χ0v) is 19.1. The van der Waals surface area contributed by atoms with Crippen LogP contribution in [0.15, 0.2) is 48.5 Å². The van der Waals surface area contributed by atoms with Crippen molar-refractivity contribution in [2.75, 3.05) is 20.3 Å². The molecule has 0 aliphatic rings. The highest BCUT2D eigenvalue weighted by atomic mass is 127. The molecule has 2 aromatic rings. The van der Waals surface area contributed by atoms with Crippen molar-refractivity contribution in [3.8, 4) is 11.5 Å². The lowest BCUT2D eigenvalue weighted by Gasteiger charge is -2.28. The molecule has 0 spiro atoms. The molecule has 0 saturated heterocycles. The fourth-order valence-electron chi connectivity index (χ4n) is 2.70. The predicted molar refractivity (Wildman–Crippen MR) is 121 cm³/mol. The van der Waals surface area contributed by atoms with Gasteiger partial charge in [-0.1, -0.05) is 19.1 Å². The van der Waals surface area contributed by atoms with Crippen LogP contribution in [-0.2, 0) is 16.1 Å². The molecule has 1 N–H and O–H groups in total. The Kier molecular flexibility index (Phi) is 9.24. The fraction of sp³-hybridized carbons (Fsp3) is 0.364. The second-order valence-electron chi connectivity index (χ2n) is 6.58. The van der Waals surface area contributed by atoms with Gasteiger partial charge in [0.25, 0.3) is 5.91 Å². The molecule has 0 saturated carbocycles. The van der Waals surface area contributed by atoms with Gasteiger partial charge in [-0.05, 0) is 77.9 Å². The average Bonchev–Trinajstić information content (AvgIpc) is 2.74. The first-order valence-electron chi connectivity index (χ1n) is 9.53. The monoisotopic (exact) mass is 510 g/mol. The molecular formula is C22H27IN2O4. The van der Waals surface area contributed by atoms with Gasteiger partial charge in [0.15, 0.2) is 6.61 Å². The van der Waals surface area contributed by atoms with Crippen molar-refractivity contribution < 1.29 is 19.1 Å². The first kappa shape index (κ1) is 23.0. The molecule has 2 rings (SSSR count). The number of benzene rings is 2. The van der Waals surface area contributed by atoms with E-state index in [0.717, 1.165) is 15.6 Å². The Hall–Kier alpha value is -2.29. The Bertz CT molecular complexity index is 811. The van der Waals surface area contributed by atoms with Crippen LogP contribution in [-0.4, -0.2) is 43.0 Å². The van der Waals surface area contributed by atoms with Crippen molar-refractivity contribution in [3.63, 3.8) is 0 Å². The molecule has 0 radical (unpaired) electrons. The van der Waals surface area contributed by atoms with Gasteiger partial charge in [-0.15, -0.1) is 0 Å². The number of carbonyl (C=O) groups is 2. The average molecular weight is 510 g/mol. The second-order valence-corrected chi connectivity index (χ2v) is 7.83. The van der Waals surface area contributed by atoms with Gasteiger partial charge in [0, 0.05) is 16.7 Å². The van der Waals surface area contributed by atoms with Crippen LogP contribution in [0.25, 0.3) is 0 Å². The third kappa shape index (κ3) is 7.23. The molecule has 0 heterocycles. The predicted octanol–water partition coefficient (Wildman–Crippen LogP) is 3.62. The summed E-state index contributed by atoms with van der Waals surface area (Å²) in [6.07, 6.45) is 0.832. The van der Waals surface area contributed by atoms with Crippen LogP contribution in [0.1, 0.15) is 25.8 Å². The van der Waals surface area contributed by atoms with Gasteiger partial charge in [0.1, 0.15) is 17.5 Å². The number of nitrogens with zero attached hydrogens (tertiary/aromatic N) is 1. The first-order chi connectivity index (χ1) is 13.9. The summed E-state index contributed by atoms with van der Waals surface area (Å²) in [7, 11) is 1.59. The lowest BCUT2D eigenvalue weighted by Crippen LogP contribution is -2.49. The van der Waals surface area contributed by atoms with E-state index in [1.165, 1.54) is 4.90 Å². The number of ether oxygens (including phenoxy) is 2. The summed E-state index contributed by atoms with van der Waals surface area (Å²) in [6, 6.07) is 14.3. The lowest BCUT2D eigenvalue weighted by molar-refractivity contribution is -0.142. The molecule has 0 bridgehead atoms. The van der Waals surface area contributed by atoms with E-state index in [9.17, 15) is 9.59 Å². The number of hydrogen-bond acceptors (Lipinski definition) is 4. The Morgan fingerprint density at radius 1 is 1.14 bits per heavy atom. The third-order valence-corrected chi connectivity index (χ3v) is 5.10. The van der Waals surface area contributed by atoms with Crippen molar-refractivity contribution in [2.24, 2.45) is 0 Å². The number of carbonyl (C=O) groups excluding carboxylic acids is 2. The number of amides is 2. The highest BCUT2D eigenvalue weighted by Crippen LogP contribution is 2.17. The number of rotatable bonds is 10. The van der Waals surface area contributed by atoms with Gasteiger partial charge in [-0.3, -0.25) is 9.59 Å². The number of hydrogen-bond donors (Lipinski definition) is 1. The Morgan fingerprint density at radius 3 is 2.52 bits per heavy atom. The maximum Gasteiger partial charge on any atom is 0.261 e. The zero-order chi connectivity index (χ0) is 21.2. The summed E-state index contributed by atoms with van der Waals surface area (Å²) in [5.74, 6) is 0.874. The van der Waals surface area contributed by atoms with Crippen molar-refractivity contribution >= 4 is 34.4 Å². The van der Waals surface area contributed by atoms with Crippen LogP contribution in [0.3, 0.4) is 0 Å². The van der Waals surface area contributed by atoms with E-state index in [4.69, 9.17) is 9.47 Å². The van der Waals surface area contributed by atoms with Gasteiger partial charge < -0.3 is 19.7 Å². The smallest absolute Gasteiger partial charge is 0.261 e. The van der Waals surface area contributed by atoms with Crippen LogP contribution in [0.2, 0.25) is 0 Å². The Morgan fingerprint density at radius 2 is 1.86 bits per heavy atom.